The molecule has 33 heavy (non-hydrogen) atoms. The molecule has 2 aromatic heterocycles. The zero-order chi connectivity index (χ0) is 22.6. The maximum atomic E-state index is 6.08. The van der Waals surface area contributed by atoms with Crippen molar-refractivity contribution in [1.29, 1.82) is 0 Å². The SMILES string of the molecule is Cc1c(NC2CCC(N)CC2)nc2ccnn2c1Nc1ccc(C#Cc2ccccc2)cc1. The predicted octanol–water partition coefficient (Wildman–Crippen LogP) is 4.86. The van der Waals surface area contributed by atoms with Crippen LogP contribution < -0.4 is 16.4 Å². The summed E-state index contributed by atoms with van der Waals surface area (Å²) in [6.45, 7) is 2.08. The van der Waals surface area contributed by atoms with Crippen LogP contribution in [0.3, 0.4) is 0 Å². The molecule has 1 aliphatic rings. The molecule has 2 heterocycles. The fourth-order valence-electron chi connectivity index (χ4n) is 4.21. The second-order valence-electron chi connectivity index (χ2n) is 8.61. The molecular weight excluding hydrogens is 408 g/mol. The van der Waals surface area contributed by atoms with Crippen molar-refractivity contribution in [3.63, 3.8) is 0 Å². The van der Waals surface area contributed by atoms with Crippen molar-refractivity contribution in [2.45, 2.75) is 44.7 Å². The van der Waals surface area contributed by atoms with Crippen LogP contribution in [0.4, 0.5) is 17.3 Å². The Morgan fingerprint density at radius 2 is 1.61 bits per heavy atom. The molecular formula is C27H28N6. The van der Waals surface area contributed by atoms with E-state index in [1.807, 2.05) is 65.2 Å². The summed E-state index contributed by atoms with van der Waals surface area (Å²) in [6.07, 6.45) is 6.02. The van der Waals surface area contributed by atoms with Gasteiger partial charge < -0.3 is 16.4 Å². The summed E-state index contributed by atoms with van der Waals surface area (Å²) in [4.78, 5) is 4.82. The molecule has 2 aromatic carbocycles. The third-order valence-corrected chi connectivity index (χ3v) is 6.16. The lowest BCUT2D eigenvalue weighted by Crippen LogP contribution is -2.33. The van der Waals surface area contributed by atoms with Crippen LogP contribution in [0.1, 0.15) is 42.4 Å². The van der Waals surface area contributed by atoms with Crippen LogP contribution in [0.5, 0.6) is 0 Å². The van der Waals surface area contributed by atoms with Crippen molar-refractivity contribution in [1.82, 2.24) is 14.6 Å². The number of nitrogens with zero attached hydrogens (tertiary/aromatic N) is 3. The molecule has 6 heteroatoms. The summed E-state index contributed by atoms with van der Waals surface area (Å²) in [5.74, 6) is 8.23. The number of nitrogens with two attached hydrogens (primary N) is 1. The normalized spacial score (nSPS) is 17.9. The van der Waals surface area contributed by atoms with Crippen LogP contribution in [0.2, 0.25) is 0 Å². The molecule has 0 amide bonds. The Balaban J connectivity index is 1.37. The minimum atomic E-state index is 0.326. The molecule has 0 aliphatic heterocycles. The highest BCUT2D eigenvalue weighted by Gasteiger charge is 2.21. The average Bonchev–Trinajstić information content (AvgIpc) is 3.31. The molecule has 4 N–H and O–H groups in total. The molecule has 166 valence electrons. The van der Waals surface area contributed by atoms with Crippen molar-refractivity contribution >= 4 is 23.0 Å². The van der Waals surface area contributed by atoms with Gasteiger partial charge >= 0.3 is 0 Å². The number of aromatic nitrogens is 3. The molecule has 0 radical (unpaired) electrons. The second kappa shape index (κ2) is 9.35. The molecule has 0 unspecified atom stereocenters. The Hall–Kier alpha value is -3.82. The number of nitrogens with one attached hydrogen (secondary N) is 2. The van der Waals surface area contributed by atoms with Gasteiger partial charge in [-0.3, -0.25) is 0 Å². The van der Waals surface area contributed by atoms with Gasteiger partial charge in [-0.1, -0.05) is 30.0 Å². The van der Waals surface area contributed by atoms with Gasteiger partial charge in [0.05, 0.1) is 6.20 Å². The zero-order valence-electron chi connectivity index (χ0n) is 18.8. The van der Waals surface area contributed by atoms with E-state index < -0.39 is 0 Å². The van der Waals surface area contributed by atoms with Crippen molar-refractivity contribution in [3.05, 3.63) is 83.6 Å². The third kappa shape index (κ3) is 4.84. The summed E-state index contributed by atoms with van der Waals surface area (Å²) < 4.78 is 1.85. The number of anilines is 3. The summed E-state index contributed by atoms with van der Waals surface area (Å²) >= 11 is 0. The van der Waals surface area contributed by atoms with E-state index in [0.717, 1.165) is 65.3 Å². The van der Waals surface area contributed by atoms with Gasteiger partial charge in [-0.2, -0.15) is 9.61 Å². The molecule has 0 saturated heterocycles. The maximum absolute atomic E-state index is 6.08. The average molecular weight is 437 g/mol. The number of hydrogen-bond donors (Lipinski definition) is 3. The Bertz CT molecular complexity index is 1290. The highest BCUT2D eigenvalue weighted by Crippen LogP contribution is 2.29. The topological polar surface area (TPSA) is 80.3 Å². The Morgan fingerprint density at radius 3 is 2.33 bits per heavy atom. The molecule has 5 rings (SSSR count). The fraction of sp³-hybridized carbons (Fsp3) is 0.259. The van der Waals surface area contributed by atoms with Crippen LogP contribution in [-0.4, -0.2) is 26.7 Å². The molecule has 6 nitrogen and oxygen atoms in total. The van der Waals surface area contributed by atoms with E-state index in [-0.39, 0.29) is 0 Å². The van der Waals surface area contributed by atoms with Crippen LogP contribution >= 0.6 is 0 Å². The Kier molecular flexibility index (Phi) is 5.97. The first-order chi connectivity index (χ1) is 16.2. The standard InChI is InChI=1S/C27H28N6/c1-19-26(30-23-15-11-22(28)12-16-23)32-25-17-18-29-33(25)27(19)31-24-13-9-21(10-14-24)8-7-20-5-3-2-4-6-20/h2-6,9-10,13-14,17-18,22-23,31H,11-12,15-16,28H2,1H3,(H,30,32). The Labute approximate surface area is 194 Å². The van der Waals surface area contributed by atoms with Gasteiger partial charge in [-0.05, 0) is 69.0 Å². The molecule has 0 atom stereocenters. The van der Waals surface area contributed by atoms with E-state index in [2.05, 4.69) is 34.5 Å². The molecule has 4 aromatic rings. The van der Waals surface area contributed by atoms with Crippen LogP contribution in [-0.2, 0) is 0 Å². The predicted molar refractivity (Wildman–Crippen MR) is 134 cm³/mol. The van der Waals surface area contributed by atoms with Crippen molar-refractivity contribution < 1.29 is 0 Å². The van der Waals surface area contributed by atoms with Gasteiger partial charge in [0.25, 0.3) is 0 Å². The molecule has 1 saturated carbocycles. The molecule has 1 aliphatic carbocycles. The van der Waals surface area contributed by atoms with E-state index in [1.54, 1.807) is 6.20 Å². The maximum Gasteiger partial charge on any atom is 0.159 e. The lowest BCUT2D eigenvalue weighted by molar-refractivity contribution is 0.410. The Morgan fingerprint density at radius 1 is 0.909 bits per heavy atom. The lowest BCUT2D eigenvalue weighted by atomic mass is 9.92. The largest absolute Gasteiger partial charge is 0.367 e. The van der Waals surface area contributed by atoms with Gasteiger partial charge in [0.15, 0.2) is 5.65 Å². The van der Waals surface area contributed by atoms with E-state index in [1.165, 1.54) is 0 Å². The smallest absolute Gasteiger partial charge is 0.159 e. The summed E-state index contributed by atoms with van der Waals surface area (Å²) in [5, 5.41) is 11.7. The van der Waals surface area contributed by atoms with Crippen molar-refractivity contribution in [2.24, 2.45) is 5.73 Å². The van der Waals surface area contributed by atoms with Crippen molar-refractivity contribution in [2.75, 3.05) is 10.6 Å². The lowest BCUT2D eigenvalue weighted by Gasteiger charge is -2.28. The highest BCUT2D eigenvalue weighted by atomic mass is 15.3. The molecule has 1 fully saturated rings. The second-order valence-corrected chi connectivity index (χ2v) is 8.61. The van der Waals surface area contributed by atoms with Crippen LogP contribution in [0.25, 0.3) is 5.65 Å². The van der Waals surface area contributed by atoms with Gasteiger partial charge in [0, 0.05) is 40.5 Å². The fourth-order valence-corrected chi connectivity index (χ4v) is 4.21. The molecule has 0 bridgehead atoms. The third-order valence-electron chi connectivity index (χ3n) is 6.16. The van der Waals surface area contributed by atoms with Gasteiger partial charge in [0.2, 0.25) is 0 Å². The number of benzene rings is 2. The zero-order valence-corrected chi connectivity index (χ0v) is 18.8. The first-order valence-electron chi connectivity index (χ1n) is 11.5. The van der Waals surface area contributed by atoms with E-state index in [9.17, 15) is 0 Å². The summed E-state index contributed by atoms with van der Waals surface area (Å²) in [6, 6.07) is 20.8. The van der Waals surface area contributed by atoms with E-state index >= 15 is 0 Å². The van der Waals surface area contributed by atoms with Gasteiger partial charge in [-0.25, -0.2) is 4.98 Å². The number of rotatable bonds is 4. The summed E-state index contributed by atoms with van der Waals surface area (Å²) in [5.41, 5.74) is 10.9. The monoisotopic (exact) mass is 436 g/mol. The molecule has 0 spiro atoms. The van der Waals surface area contributed by atoms with Crippen LogP contribution in [0.15, 0.2) is 66.9 Å². The van der Waals surface area contributed by atoms with E-state index in [0.29, 0.717) is 12.1 Å². The number of hydrogen-bond acceptors (Lipinski definition) is 5. The minimum Gasteiger partial charge on any atom is -0.367 e. The highest BCUT2D eigenvalue weighted by molar-refractivity contribution is 5.69. The first kappa shape index (κ1) is 21.0. The van der Waals surface area contributed by atoms with Crippen LogP contribution in [0, 0.1) is 18.8 Å². The summed E-state index contributed by atoms with van der Waals surface area (Å²) in [7, 11) is 0. The quantitative estimate of drug-likeness (QED) is 0.398. The van der Waals surface area contributed by atoms with Crippen molar-refractivity contribution in [3.8, 4) is 11.8 Å². The van der Waals surface area contributed by atoms with Gasteiger partial charge in [-0.15, -0.1) is 0 Å². The van der Waals surface area contributed by atoms with E-state index in [4.69, 9.17) is 10.7 Å². The first-order valence-corrected chi connectivity index (χ1v) is 11.5. The minimum absolute atomic E-state index is 0.326. The number of fused-ring (bicyclic) bond motifs is 1. The van der Waals surface area contributed by atoms with Gasteiger partial charge in [0.1, 0.15) is 11.6 Å².